The normalized spacial score (nSPS) is 17.5. The molecule has 0 radical (unpaired) electrons. The van der Waals surface area contributed by atoms with Crippen LogP contribution in [0.25, 0.3) is 0 Å². The van der Waals surface area contributed by atoms with Crippen LogP contribution in [0.3, 0.4) is 0 Å². The van der Waals surface area contributed by atoms with E-state index in [2.05, 4.69) is 15.6 Å². The number of amides is 1. The summed E-state index contributed by atoms with van der Waals surface area (Å²) < 4.78 is 5.38. The average Bonchev–Trinajstić information content (AvgIpc) is 3.52. The SMILES string of the molecule is O=C(NCC1CCOCC1)c1cnc(Nc2cccc(Cl)c2)cc1C1CC1. The summed E-state index contributed by atoms with van der Waals surface area (Å²) in [6.45, 7) is 2.29. The van der Waals surface area contributed by atoms with Gasteiger partial charge in [0.05, 0.1) is 5.56 Å². The van der Waals surface area contributed by atoms with E-state index in [-0.39, 0.29) is 5.91 Å². The lowest BCUT2D eigenvalue weighted by molar-refractivity contribution is 0.0642. The minimum absolute atomic E-state index is 0.0230. The van der Waals surface area contributed by atoms with Crippen LogP contribution >= 0.6 is 11.6 Å². The molecule has 0 atom stereocenters. The van der Waals surface area contributed by atoms with Gasteiger partial charge in [-0.2, -0.15) is 0 Å². The Morgan fingerprint density at radius 1 is 1.19 bits per heavy atom. The maximum absolute atomic E-state index is 12.7. The lowest BCUT2D eigenvalue weighted by Gasteiger charge is -2.22. The van der Waals surface area contributed by atoms with Crippen molar-refractivity contribution in [3.05, 3.63) is 52.7 Å². The molecule has 2 fully saturated rings. The van der Waals surface area contributed by atoms with Crippen molar-refractivity contribution in [2.45, 2.75) is 31.6 Å². The molecule has 2 aliphatic rings. The molecule has 142 valence electrons. The zero-order chi connectivity index (χ0) is 18.6. The fourth-order valence-corrected chi connectivity index (χ4v) is 3.65. The molecule has 1 aliphatic heterocycles. The van der Waals surface area contributed by atoms with Gasteiger partial charge in [0, 0.05) is 36.7 Å². The van der Waals surface area contributed by atoms with Crippen LogP contribution < -0.4 is 10.6 Å². The minimum Gasteiger partial charge on any atom is -0.381 e. The van der Waals surface area contributed by atoms with Crippen LogP contribution in [0.1, 0.15) is 47.5 Å². The largest absolute Gasteiger partial charge is 0.381 e. The molecule has 1 amide bonds. The summed E-state index contributed by atoms with van der Waals surface area (Å²) in [6, 6.07) is 9.53. The van der Waals surface area contributed by atoms with Crippen molar-refractivity contribution in [2.75, 3.05) is 25.1 Å². The molecule has 27 heavy (non-hydrogen) atoms. The first-order valence-corrected chi connectivity index (χ1v) is 9.95. The Bertz CT molecular complexity index is 817. The number of halogens is 1. The van der Waals surface area contributed by atoms with Gasteiger partial charge in [0.25, 0.3) is 5.91 Å². The summed E-state index contributed by atoms with van der Waals surface area (Å²) in [5, 5.41) is 7.05. The van der Waals surface area contributed by atoms with Crippen molar-refractivity contribution in [1.82, 2.24) is 10.3 Å². The van der Waals surface area contributed by atoms with E-state index in [0.29, 0.717) is 29.0 Å². The zero-order valence-corrected chi connectivity index (χ0v) is 16.0. The first-order valence-electron chi connectivity index (χ1n) is 9.57. The van der Waals surface area contributed by atoms with Crippen LogP contribution in [0.5, 0.6) is 0 Å². The van der Waals surface area contributed by atoms with Gasteiger partial charge in [-0.15, -0.1) is 0 Å². The topological polar surface area (TPSA) is 63.2 Å². The van der Waals surface area contributed by atoms with Crippen molar-refractivity contribution in [2.24, 2.45) is 5.92 Å². The number of hydrogen-bond acceptors (Lipinski definition) is 4. The van der Waals surface area contributed by atoms with Gasteiger partial charge in [-0.05, 0) is 67.3 Å². The maximum atomic E-state index is 12.7. The Morgan fingerprint density at radius 3 is 2.74 bits per heavy atom. The van der Waals surface area contributed by atoms with E-state index in [1.807, 2.05) is 30.3 Å². The Hall–Kier alpha value is -2.11. The fraction of sp³-hybridized carbons (Fsp3) is 0.429. The van der Waals surface area contributed by atoms with Gasteiger partial charge >= 0.3 is 0 Å². The second-order valence-electron chi connectivity index (χ2n) is 7.33. The number of anilines is 2. The monoisotopic (exact) mass is 385 g/mol. The second-order valence-corrected chi connectivity index (χ2v) is 7.77. The van der Waals surface area contributed by atoms with Crippen LogP contribution in [0, 0.1) is 5.92 Å². The molecule has 1 aliphatic carbocycles. The molecule has 1 aromatic carbocycles. The summed E-state index contributed by atoms with van der Waals surface area (Å²) in [5.74, 6) is 1.67. The molecule has 1 aromatic heterocycles. The lowest BCUT2D eigenvalue weighted by atomic mass is 10.00. The Balaban J connectivity index is 1.46. The van der Waals surface area contributed by atoms with E-state index >= 15 is 0 Å². The number of benzene rings is 1. The lowest BCUT2D eigenvalue weighted by Crippen LogP contribution is -2.32. The molecule has 2 aromatic rings. The zero-order valence-electron chi connectivity index (χ0n) is 15.2. The predicted octanol–water partition coefficient (Wildman–Crippen LogP) is 4.51. The summed E-state index contributed by atoms with van der Waals surface area (Å²) in [6.07, 6.45) is 5.97. The number of hydrogen-bond donors (Lipinski definition) is 2. The van der Waals surface area contributed by atoms with E-state index in [1.165, 1.54) is 0 Å². The van der Waals surface area contributed by atoms with Crippen molar-refractivity contribution in [1.29, 1.82) is 0 Å². The second kappa shape index (κ2) is 8.28. The van der Waals surface area contributed by atoms with E-state index in [1.54, 1.807) is 6.20 Å². The van der Waals surface area contributed by atoms with Crippen molar-refractivity contribution in [3.63, 3.8) is 0 Å². The third-order valence-corrected chi connectivity index (χ3v) is 5.42. The van der Waals surface area contributed by atoms with Crippen LogP contribution in [-0.2, 0) is 4.74 Å². The number of nitrogens with one attached hydrogen (secondary N) is 2. The van der Waals surface area contributed by atoms with E-state index < -0.39 is 0 Å². The smallest absolute Gasteiger partial charge is 0.253 e. The van der Waals surface area contributed by atoms with Crippen LogP contribution in [0.15, 0.2) is 36.5 Å². The Morgan fingerprint density at radius 2 is 2.00 bits per heavy atom. The van der Waals surface area contributed by atoms with E-state index in [0.717, 1.165) is 56.0 Å². The van der Waals surface area contributed by atoms with E-state index in [4.69, 9.17) is 16.3 Å². The van der Waals surface area contributed by atoms with Gasteiger partial charge in [-0.3, -0.25) is 4.79 Å². The van der Waals surface area contributed by atoms with Crippen LogP contribution in [0.4, 0.5) is 11.5 Å². The van der Waals surface area contributed by atoms with Gasteiger partial charge in [-0.25, -0.2) is 4.98 Å². The summed E-state index contributed by atoms with van der Waals surface area (Å²) in [4.78, 5) is 17.2. The number of rotatable bonds is 6. The number of ether oxygens (including phenoxy) is 1. The molecule has 0 unspecified atom stereocenters. The standard InChI is InChI=1S/C21H24ClN3O2/c22-16-2-1-3-17(10-16)25-20-11-18(15-4-5-15)19(13-23-20)21(26)24-12-14-6-8-27-9-7-14/h1-3,10-11,13-15H,4-9,12H2,(H,23,25)(H,24,26). The van der Waals surface area contributed by atoms with Gasteiger partial charge in [0.2, 0.25) is 0 Å². The molecule has 0 bridgehead atoms. The highest BCUT2D eigenvalue weighted by Crippen LogP contribution is 2.42. The van der Waals surface area contributed by atoms with Gasteiger partial charge in [0.15, 0.2) is 0 Å². The molecule has 0 spiro atoms. The van der Waals surface area contributed by atoms with Crippen LogP contribution in [0.2, 0.25) is 5.02 Å². The highest BCUT2D eigenvalue weighted by atomic mass is 35.5. The van der Waals surface area contributed by atoms with Crippen molar-refractivity contribution < 1.29 is 9.53 Å². The highest BCUT2D eigenvalue weighted by Gasteiger charge is 2.29. The molecule has 2 N–H and O–H groups in total. The number of nitrogens with zero attached hydrogens (tertiary/aromatic N) is 1. The molecule has 1 saturated carbocycles. The molecule has 6 heteroatoms. The first-order chi connectivity index (χ1) is 13.2. The van der Waals surface area contributed by atoms with Crippen LogP contribution in [-0.4, -0.2) is 30.6 Å². The summed E-state index contributed by atoms with van der Waals surface area (Å²) in [7, 11) is 0. The maximum Gasteiger partial charge on any atom is 0.253 e. The molecule has 1 saturated heterocycles. The van der Waals surface area contributed by atoms with Crippen molar-refractivity contribution >= 4 is 29.0 Å². The fourth-order valence-electron chi connectivity index (χ4n) is 3.46. The van der Waals surface area contributed by atoms with Gasteiger partial charge < -0.3 is 15.4 Å². The Kier molecular flexibility index (Phi) is 5.60. The quantitative estimate of drug-likeness (QED) is 0.767. The van der Waals surface area contributed by atoms with E-state index in [9.17, 15) is 4.79 Å². The molecule has 4 rings (SSSR count). The summed E-state index contributed by atoms with van der Waals surface area (Å²) >= 11 is 6.05. The molecule has 5 nitrogen and oxygen atoms in total. The summed E-state index contributed by atoms with van der Waals surface area (Å²) in [5.41, 5.74) is 2.66. The molecular formula is C21H24ClN3O2. The highest BCUT2D eigenvalue weighted by molar-refractivity contribution is 6.30. The van der Waals surface area contributed by atoms with Gasteiger partial charge in [0.1, 0.15) is 5.82 Å². The number of carbonyl (C=O) groups excluding carboxylic acids is 1. The number of carbonyl (C=O) groups is 1. The average molecular weight is 386 g/mol. The molecular weight excluding hydrogens is 362 g/mol. The third kappa shape index (κ3) is 4.79. The minimum atomic E-state index is -0.0230. The first kappa shape index (κ1) is 18.3. The Labute approximate surface area is 164 Å². The number of pyridine rings is 1. The predicted molar refractivity (Wildman–Crippen MR) is 107 cm³/mol. The molecule has 2 heterocycles. The third-order valence-electron chi connectivity index (χ3n) is 5.19. The van der Waals surface area contributed by atoms with Crippen molar-refractivity contribution in [3.8, 4) is 0 Å². The number of aromatic nitrogens is 1. The van der Waals surface area contributed by atoms with Gasteiger partial charge in [-0.1, -0.05) is 17.7 Å².